The molecule has 2 atom stereocenters. The lowest BCUT2D eigenvalue weighted by molar-refractivity contribution is 0.0417. The van der Waals surface area contributed by atoms with E-state index in [4.69, 9.17) is 33.7 Å². The molecule has 96 valence electrons. The van der Waals surface area contributed by atoms with Crippen LogP contribution >= 0.6 is 23.2 Å². The molecule has 0 aliphatic rings. The van der Waals surface area contributed by atoms with Gasteiger partial charge in [-0.1, -0.05) is 42.3 Å². The maximum Gasteiger partial charge on any atom is 0.0726 e. The van der Waals surface area contributed by atoms with Crippen LogP contribution in [0.15, 0.2) is 18.2 Å². The minimum Gasteiger partial charge on any atom is -0.377 e. The van der Waals surface area contributed by atoms with Gasteiger partial charge in [-0.15, -0.1) is 0 Å². The van der Waals surface area contributed by atoms with E-state index in [0.717, 1.165) is 12.0 Å². The van der Waals surface area contributed by atoms with Crippen LogP contribution < -0.4 is 5.73 Å². The molecule has 2 unspecified atom stereocenters. The fourth-order valence-electron chi connectivity index (χ4n) is 1.85. The molecule has 0 heterocycles. The fourth-order valence-corrected chi connectivity index (χ4v) is 2.25. The highest BCUT2D eigenvalue weighted by atomic mass is 35.5. The topological polar surface area (TPSA) is 35.2 Å². The predicted molar refractivity (Wildman–Crippen MR) is 73.8 cm³/mol. The van der Waals surface area contributed by atoms with Gasteiger partial charge >= 0.3 is 0 Å². The number of hydrogen-bond acceptors (Lipinski definition) is 2. The van der Waals surface area contributed by atoms with E-state index in [-0.39, 0.29) is 12.1 Å². The molecule has 0 radical (unpaired) electrons. The summed E-state index contributed by atoms with van der Waals surface area (Å²) in [6.07, 6.45) is 1.64. The third kappa shape index (κ3) is 4.14. The van der Waals surface area contributed by atoms with Gasteiger partial charge in [0, 0.05) is 12.6 Å². The van der Waals surface area contributed by atoms with Crippen LogP contribution in [0.4, 0.5) is 0 Å². The van der Waals surface area contributed by atoms with Gasteiger partial charge in [-0.2, -0.15) is 0 Å². The summed E-state index contributed by atoms with van der Waals surface area (Å²) < 4.78 is 5.59. The van der Waals surface area contributed by atoms with E-state index in [1.807, 2.05) is 19.1 Å². The molecule has 1 aromatic carbocycles. The second-order valence-electron chi connectivity index (χ2n) is 3.98. The lowest BCUT2D eigenvalue weighted by Gasteiger charge is -2.23. The Hall–Kier alpha value is -0.280. The first-order valence-electron chi connectivity index (χ1n) is 5.90. The Bertz CT molecular complexity index is 357. The van der Waals surface area contributed by atoms with Crippen molar-refractivity contribution in [3.8, 4) is 0 Å². The molecule has 0 saturated heterocycles. The second kappa shape index (κ2) is 7.22. The molecule has 0 fully saturated rings. The van der Waals surface area contributed by atoms with Gasteiger partial charge in [-0.25, -0.2) is 0 Å². The van der Waals surface area contributed by atoms with Gasteiger partial charge < -0.3 is 10.5 Å². The monoisotopic (exact) mass is 275 g/mol. The molecule has 0 spiro atoms. The van der Waals surface area contributed by atoms with Crippen molar-refractivity contribution < 1.29 is 4.74 Å². The molecule has 0 aliphatic heterocycles. The van der Waals surface area contributed by atoms with Crippen molar-refractivity contribution in [3.63, 3.8) is 0 Å². The Morgan fingerprint density at radius 3 is 2.59 bits per heavy atom. The van der Waals surface area contributed by atoms with Crippen molar-refractivity contribution in [1.82, 2.24) is 0 Å². The number of nitrogens with two attached hydrogens (primary N) is 1. The molecule has 0 amide bonds. The van der Waals surface area contributed by atoms with Crippen LogP contribution in [-0.4, -0.2) is 18.8 Å². The molecule has 0 aromatic heterocycles. The van der Waals surface area contributed by atoms with E-state index in [1.54, 1.807) is 6.07 Å². The summed E-state index contributed by atoms with van der Waals surface area (Å²) >= 11 is 12.1. The summed E-state index contributed by atoms with van der Waals surface area (Å²) in [6, 6.07) is 5.56. The van der Waals surface area contributed by atoms with Crippen molar-refractivity contribution in [2.24, 2.45) is 5.73 Å². The molecule has 1 rings (SSSR count). The number of rotatable bonds is 6. The number of hydrogen-bond donors (Lipinski definition) is 1. The van der Waals surface area contributed by atoms with Gasteiger partial charge in [0.1, 0.15) is 0 Å². The first-order chi connectivity index (χ1) is 8.10. The lowest BCUT2D eigenvalue weighted by Crippen LogP contribution is -2.38. The van der Waals surface area contributed by atoms with Crippen molar-refractivity contribution in [2.45, 2.75) is 38.8 Å². The number of benzene rings is 1. The van der Waals surface area contributed by atoms with Gasteiger partial charge in [0.05, 0.1) is 16.1 Å². The molecule has 0 saturated carbocycles. The van der Waals surface area contributed by atoms with E-state index in [9.17, 15) is 0 Å². The van der Waals surface area contributed by atoms with E-state index >= 15 is 0 Å². The van der Waals surface area contributed by atoms with Crippen LogP contribution in [0, 0.1) is 0 Å². The van der Waals surface area contributed by atoms with Crippen molar-refractivity contribution >= 4 is 23.2 Å². The van der Waals surface area contributed by atoms with Crippen LogP contribution in [0.5, 0.6) is 0 Å². The van der Waals surface area contributed by atoms with Gasteiger partial charge in [0.25, 0.3) is 0 Å². The minimum absolute atomic E-state index is 0.0593. The Balaban J connectivity index is 2.72. The van der Waals surface area contributed by atoms with Gasteiger partial charge in [-0.3, -0.25) is 0 Å². The maximum atomic E-state index is 6.14. The van der Waals surface area contributed by atoms with Crippen molar-refractivity contribution in [2.75, 3.05) is 6.61 Å². The first kappa shape index (κ1) is 14.8. The molecule has 4 heteroatoms. The van der Waals surface area contributed by atoms with Crippen molar-refractivity contribution in [3.05, 3.63) is 33.8 Å². The highest BCUT2D eigenvalue weighted by Gasteiger charge is 2.18. The van der Waals surface area contributed by atoms with Crippen LogP contribution in [0.1, 0.15) is 25.8 Å². The Morgan fingerprint density at radius 2 is 2.00 bits per heavy atom. The van der Waals surface area contributed by atoms with Crippen LogP contribution in [-0.2, 0) is 11.2 Å². The molecule has 0 bridgehead atoms. The third-order valence-corrected chi connectivity index (χ3v) is 3.61. The number of ether oxygens (including phenoxy) is 1. The summed E-state index contributed by atoms with van der Waals surface area (Å²) in [5.41, 5.74) is 7.12. The summed E-state index contributed by atoms with van der Waals surface area (Å²) in [5.74, 6) is 0. The molecular formula is C13H19Cl2NO. The first-order valence-corrected chi connectivity index (χ1v) is 6.65. The van der Waals surface area contributed by atoms with Gasteiger partial charge in [-0.05, 0) is 31.4 Å². The third-order valence-electron chi connectivity index (χ3n) is 2.75. The fraction of sp³-hybridized carbons (Fsp3) is 0.538. The molecular weight excluding hydrogens is 257 g/mol. The molecule has 1 aromatic rings. The van der Waals surface area contributed by atoms with E-state index in [2.05, 4.69) is 6.92 Å². The Morgan fingerprint density at radius 1 is 1.29 bits per heavy atom. The average Bonchev–Trinajstić information content (AvgIpc) is 2.31. The van der Waals surface area contributed by atoms with Gasteiger partial charge in [0.2, 0.25) is 0 Å². The second-order valence-corrected chi connectivity index (χ2v) is 4.77. The highest BCUT2D eigenvalue weighted by Crippen LogP contribution is 2.26. The molecule has 2 nitrogen and oxygen atoms in total. The van der Waals surface area contributed by atoms with Crippen LogP contribution in [0.3, 0.4) is 0 Å². The van der Waals surface area contributed by atoms with Crippen LogP contribution in [0.2, 0.25) is 10.0 Å². The van der Waals surface area contributed by atoms with Crippen LogP contribution in [0.25, 0.3) is 0 Å². The molecule has 17 heavy (non-hydrogen) atoms. The average molecular weight is 276 g/mol. The predicted octanol–water partition coefficient (Wildman–Crippen LogP) is 3.68. The lowest BCUT2D eigenvalue weighted by atomic mass is 10.0. The highest BCUT2D eigenvalue weighted by molar-refractivity contribution is 6.42. The van der Waals surface area contributed by atoms with Gasteiger partial charge in [0.15, 0.2) is 0 Å². The standard InChI is InChI=1S/C13H19Cl2NO/c1-3-12(17-4-2)11(16)8-9-6-5-7-10(14)13(9)15/h5-7,11-12H,3-4,8,16H2,1-2H3. The van der Waals surface area contributed by atoms with E-state index in [1.165, 1.54) is 0 Å². The normalized spacial score (nSPS) is 14.6. The zero-order valence-corrected chi connectivity index (χ0v) is 11.8. The maximum absolute atomic E-state index is 6.14. The largest absolute Gasteiger partial charge is 0.377 e. The Labute approximate surface area is 113 Å². The smallest absolute Gasteiger partial charge is 0.0726 e. The quantitative estimate of drug-likeness (QED) is 0.860. The Kier molecular flexibility index (Phi) is 6.28. The summed E-state index contributed by atoms with van der Waals surface area (Å²) in [7, 11) is 0. The number of halogens is 2. The van der Waals surface area contributed by atoms with E-state index in [0.29, 0.717) is 23.1 Å². The minimum atomic E-state index is -0.0593. The van der Waals surface area contributed by atoms with E-state index < -0.39 is 0 Å². The summed E-state index contributed by atoms with van der Waals surface area (Å²) in [5, 5.41) is 1.16. The zero-order chi connectivity index (χ0) is 12.8. The SMILES string of the molecule is CCOC(CC)C(N)Cc1cccc(Cl)c1Cl. The van der Waals surface area contributed by atoms with Crippen molar-refractivity contribution in [1.29, 1.82) is 0 Å². The molecule has 2 N–H and O–H groups in total. The molecule has 0 aliphatic carbocycles. The zero-order valence-electron chi connectivity index (χ0n) is 10.2. The summed E-state index contributed by atoms with van der Waals surface area (Å²) in [6.45, 7) is 4.72. The summed E-state index contributed by atoms with van der Waals surface area (Å²) in [4.78, 5) is 0.